The van der Waals surface area contributed by atoms with Crippen molar-refractivity contribution in [3.05, 3.63) is 144 Å². The molecule has 4 atom stereocenters. The molecule has 0 saturated carbocycles. The van der Waals surface area contributed by atoms with E-state index in [0.717, 1.165) is 22.3 Å². The van der Waals surface area contributed by atoms with Gasteiger partial charge in [0.2, 0.25) is 23.6 Å². The molecule has 4 aromatic rings. The number of nitriles is 2. The number of carbonyl (C=O) groups excluding carboxylic acids is 12. The molecule has 0 spiro atoms. The first kappa shape index (κ1) is 76.8. The summed E-state index contributed by atoms with van der Waals surface area (Å²) in [5, 5.41) is 24.8. The van der Waals surface area contributed by atoms with Crippen LogP contribution < -0.4 is 21.3 Å². The summed E-state index contributed by atoms with van der Waals surface area (Å²) in [6.45, 7) is 3.22. The molecule has 4 aliphatic heterocycles. The van der Waals surface area contributed by atoms with Crippen LogP contribution in [0.25, 0.3) is 0 Å². The maximum atomic E-state index is 12.0. The van der Waals surface area contributed by atoms with Crippen molar-refractivity contribution < 1.29 is 115 Å². The van der Waals surface area contributed by atoms with Crippen molar-refractivity contribution in [2.75, 3.05) is 54.6 Å². The molecular weight excluding hydrogens is 1320 g/mol. The van der Waals surface area contributed by atoms with Gasteiger partial charge in [0.25, 0.3) is 0 Å². The van der Waals surface area contributed by atoms with Gasteiger partial charge in [-0.1, -0.05) is 121 Å². The molecule has 4 fully saturated rings. The fraction of sp³-hybridized carbons (Fsp3) is 0.367. The Kier molecular flexibility index (Phi) is 36.4. The van der Waals surface area contributed by atoms with Crippen molar-refractivity contribution in [2.24, 2.45) is 0 Å². The zero-order valence-corrected chi connectivity index (χ0v) is 52.7. The molecule has 4 aliphatic rings. The van der Waals surface area contributed by atoms with Crippen molar-refractivity contribution >= 4 is 71.6 Å². The third-order valence-electron chi connectivity index (χ3n) is 12.7. The first-order chi connectivity index (χ1) is 41.3. The van der Waals surface area contributed by atoms with Gasteiger partial charge >= 0.3 is 87.0 Å². The summed E-state index contributed by atoms with van der Waals surface area (Å²) in [7, 11) is 5.06. The molecule has 88 heavy (non-hydrogen) atoms. The van der Waals surface area contributed by atoms with Crippen molar-refractivity contribution in [2.45, 2.75) is 89.4 Å². The van der Waals surface area contributed by atoms with Crippen molar-refractivity contribution in [1.82, 2.24) is 40.9 Å². The quantitative estimate of drug-likeness (QED) is 0.0531. The molecule has 12 amide bonds. The van der Waals surface area contributed by atoms with Crippen LogP contribution in [0.2, 0.25) is 0 Å². The maximum Gasteiger partial charge on any atom is 2.00 e. The van der Waals surface area contributed by atoms with Crippen LogP contribution in [0.1, 0.15) is 61.8 Å². The van der Waals surface area contributed by atoms with Gasteiger partial charge in [0.05, 0.1) is 66.8 Å². The van der Waals surface area contributed by atoms with E-state index in [2.05, 4.69) is 40.2 Å². The summed E-state index contributed by atoms with van der Waals surface area (Å²) in [5.41, 5.74) is 4.21. The van der Waals surface area contributed by atoms with Gasteiger partial charge in [0, 0.05) is 39.5 Å². The summed E-state index contributed by atoms with van der Waals surface area (Å²) in [6, 6.07) is 38.0. The predicted octanol–water partition coefficient (Wildman–Crippen LogP) is 1.26. The SMILES string of the molecule is CC#N.CC#N.COC(=O)C1CN(C(=O)CCc2ccccc2)C(=[OH+])N1.COC(=O)C1CN(C(=O)CCc2ccccc2)C(=[OH+])N1.COC(=O)C1CN(C(=O)CCc2ccccc2)C(=[OH+])N1.COC(=O)C1CN(C(=O)CCc2ccccc2)C(=[OH+])N1.[Rh+2].[Rh+2]. The Hall–Kier alpha value is -9.25. The fourth-order valence-corrected chi connectivity index (χ4v) is 8.30. The maximum absolute atomic E-state index is 12.0. The minimum Gasteiger partial charge on any atom is -0.467 e. The number of imide groups is 4. The third-order valence-corrected chi connectivity index (χ3v) is 12.7. The van der Waals surface area contributed by atoms with Gasteiger partial charge in [-0.05, 0) is 47.9 Å². The van der Waals surface area contributed by atoms with Gasteiger partial charge in [-0.15, -0.1) is 0 Å². The van der Waals surface area contributed by atoms with E-state index in [9.17, 15) is 57.5 Å². The average Bonchev–Trinajstić information content (AvgIpc) is 4.15. The minimum absolute atomic E-state index is 0. The number of hydrogen-bond donors (Lipinski definition) is 4. The Bertz CT molecular complexity index is 2650. The number of aryl methyl sites for hydroxylation is 4. The number of benzene rings is 4. The minimum atomic E-state index is -0.708. The third kappa shape index (κ3) is 25.8. The monoisotopic (exact) mass is 1400 g/mol. The van der Waals surface area contributed by atoms with Crippen LogP contribution in [-0.4, -0.2) is 189 Å². The zero-order valence-electron chi connectivity index (χ0n) is 49.4. The smallest absolute Gasteiger partial charge is 0.467 e. The van der Waals surface area contributed by atoms with Crippen molar-refractivity contribution in [3.63, 3.8) is 0 Å². The number of rotatable bonds is 16. The van der Waals surface area contributed by atoms with Crippen LogP contribution in [0.15, 0.2) is 121 Å². The van der Waals surface area contributed by atoms with E-state index < -0.39 is 48.0 Å². The largest absolute Gasteiger partial charge is 2.00 e. The molecule has 4 saturated heterocycles. The number of esters is 4. The Morgan fingerprint density at radius 3 is 0.693 bits per heavy atom. The first-order valence-corrected chi connectivity index (χ1v) is 26.9. The Morgan fingerprint density at radius 1 is 0.386 bits per heavy atom. The number of ether oxygens (including phenoxy) is 4. The summed E-state index contributed by atoms with van der Waals surface area (Å²) in [5.74, 6) is -2.94. The van der Waals surface area contributed by atoms with Crippen LogP contribution in [-0.2, 0) is 122 Å². The molecule has 4 unspecified atom stereocenters. The number of hydrogen-bond acceptors (Lipinski definition) is 14. The summed E-state index contributed by atoms with van der Waals surface area (Å²) < 4.78 is 18.3. The number of amides is 12. The second-order valence-electron chi connectivity index (χ2n) is 18.6. The van der Waals surface area contributed by atoms with Crippen LogP contribution in [0, 0.1) is 22.7 Å². The fourth-order valence-electron chi connectivity index (χ4n) is 8.30. The van der Waals surface area contributed by atoms with Crippen molar-refractivity contribution in [3.8, 4) is 12.1 Å². The molecular formula is C60H74N10O16Rh2+8. The van der Waals surface area contributed by atoms with Gasteiger partial charge < -0.3 is 18.9 Å². The Morgan fingerprint density at radius 2 is 0.545 bits per heavy atom. The standard InChI is InChI=1S/4C14H16N2O4.2C2H3N.2Rh/c4*1-20-13(18)11-9-16(14(19)15-11)12(17)8-7-10-5-3-2-4-6-10;2*1-2-3;;/h4*2-6,11H,7-9H2,1H3,(H,15,19);2*1H3;;/q;;;;;;2*+2/p+4. The summed E-state index contributed by atoms with van der Waals surface area (Å²) in [4.78, 5) is 137. The van der Waals surface area contributed by atoms with Crippen molar-refractivity contribution in [1.29, 1.82) is 10.5 Å². The Balaban J connectivity index is 0.000000564. The van der Waals surface area contributed by atoms with E-state index in [-0.39, 0.29) is 139 Å². The topological polar surface area (TPSA) is 368 Å². The number of nitrogens with zero attached hydrogens (tertiary/aromatic N) is 6. The van der Waals surface area contributed by atoms with Gasteiger partial charge in [-0.25, -0.2) is 58.0 Å². The normalized spacial score (nSPS) is 16.3. The molecule has 0 aliphatic carbocycles. The van der Waals surface area contributed by atoms with E-state index in [1.807, 2.05) is 121 Å². The molecule has 26 nitrogen and oxygen atoms in total. The number of urea groups is 4. The number of nitrogens with one attached hydrogen (secondary N) is 4. The molecule has 8 rings (SSSR count). The molecule has 4 aromatic carbocycles. The van der Waals surface area contributed by atoms with Gasteiger partial charge in [-0.3, -0.25) is 40.4 Å². The van der Waals surface area contributed by atoms with Crippen LogP contribution >= 0.6 is 0 Å². The molecule has 4 heterocycles. The zero-order chi connectivity index (χ0) is 63.6. The van der Waals surface area contributed by atoms with Gasteiger partial charge in [0.1, 0.15) is 0 Å². The molecule has 8 N–H and O–H groups in total. The molecule has 2 radical (unpaired) electrons. The average molecular weight is 1400 g/mol. The van der Waals surface area contributed by atoms with E-state index in [1.54, 1.807) is 12.1 Å². The predicted molar refractivity (Wildman–Crippen MR) is 312 cm³/mol. The molecule has 28 heteroatoms. The molecule has 0 bridgehead atoms. The summed E-state index contributed by atoms with van der Waals surface area (Å²) >= 11 is 0. The van der Waals surface area contributed by atoms with E-state index in [1.165, 1.54) is 61.9 Å². The second kappa shape index (κ2) is 41.7. The van der Waals surface area contributed by atoms with Crippen LogP contribution in [0.4, 0.5) is 0 Å². The van der Waals surface area contributed by atoms with Gasteiger partial charge in [0.15, 0.2) is 24.2 Å². The van der Waals surface area contributed by atoms with Gasteiger partial charge in [-0.2, -0.15) is 10.5 Å². The first-order valence-electron chi connectivity index (χ1n) is 26.9. The Labute approximate surface area is 535 Å². The molecule has 0 aromatic heterocycles. The number of carbonyl (C=O) groups is 8. The van der Waals surface area contributed by atoms with E-state index >= 15 is 0 Å². The number of methoxy groups -OCH3 is 4. The van der Waals surface area contributed by atoms with Crippen LogP contribution in [0.3, 0.4) is 0 Å². The van der Waals surface area contributed by atoms with Crippen LogP contribution in [0.5, 0.6) is 0 Å². The summed E-state index contributed by atoms with van der Waals surface area (Å²) in [6.07, 6.45) is 3.43. The molecule has 470 valence electrons. The second-order valence-corrected chi connectivity index (χ2v) is 18.6. The van der Waals surface area contributed by atoms with E-state index in [4.69, 9.17) is 10.5 Å². The van der Waals surface area contributed by atoms with E-state index in [0.29, 0.717) is 25.7 Å².